The number of carbonyl (C=O) groups is 4. The third-order valence-electron chi connectivity index (χ3n) is 15.2. The summed E-state index contributed by atoms with van der Waals surface area (Å²) in [4.78, 5) is 71.9. The summed E-state index contributed by atoms with van der Waals surface area (Å²) in [5.41, 5.74) is 0. The molecule has 0 radical (unpaired) electrons. The van der Waals surface area contributed by atoms with Crippen LogP contribution in [0.4, 0.5) is 0 Å². The standard InChI is InChI=1S/C66H128O17P2/c1-7-9-11-13-29-38-44-50-65(70)82-61(54-76-63(68)48-42-34-12-10-8-2)56-80-84(72,73)78-52-60(67)53-79-85(74,75)81-57-62(55-77-64(69)49-43-37-32-27-23-20-16-18-22-26-31-36-41-47-59(5)6)83-66(71)51-45-39-33-28-24-19-15-14-17-21-25-30-35-40-46-58(3)4/h58-62,67H,7-57H2,1-6H3,(H,72,73)(H,74,75)/t60-,61+,62+/m0/s1. The lowest BCUT2D eigenvalue weighted by atomic mass is 10.0. The molecule has 0 aromatic rings. The molecule has 85 heavy (non-hydrogen) atoms. The fourth-order valence-corrected chi connectivity index (χ4v) is 11.5. The summed E-state index contributed by atoms with van der Waals surface area (Å²) >= 11 is 0. The highest BCUT2D eigenvalue weighted by atomic mass is 31.2. The molecule has 0 aliphatic rings. The second kappa shape index (κ2) is 58.4. The smallest absolute Gasteiger partial charge is 0.462 e. The van der Waals surface area contributed by atoms with Crippen LogP contribution in [-0.4, -0.2) is 96.7 Å². The van der Waals surface area contributed by atoms with Gasteiger partial charge in [-0.25, -0.2) is 9.13 Å². The van der Waals surface area contributed by atoms with Gasteiger partial charge in [-0.3, -0.25) is 37.3 Å². The van der Waals surface area contributed by atoms with Gasteiger partial charge >= 0.3 is 39.5 Å². The van der Waals surface area contributed by atoms with Gasteiger partial charge in [-0.1, -0.05) is 279 Å². The van der Waals surface area contributed by atoms with Gasteiger partial charge in [0.2, 0.25) is 0 Å². The summed E-state index contributed by atoms with van der Waals surface area (Å²) < 4.78 is 67.8. The third kappa shape index (κ3) is 60.7. The summed E-state index contributed by atoms with van der Waals surface area (Å²) in [7, 11) is -9.88. The molecule has 0 aromatic carbocycles. The van der Waals surface area contributed by atoms with Gasteiger partial charge in [-0.2, -0.15) is 0 Å². The molecule has 17 nitrogen and oxygen atoms in total. The molecule has 0 spiro atoms. The van der Waals surface area contributed by atoms with Crippen LogP contribution >= 0.6 is 15.6 Å². The number of unbranched alkanes of at least 4 members (excludes halogenated alkanes) is 35. The largest absolute Gasteiger partial charge is 0.472 e. The van der Waals surface area contributed by atoms with E-state index in [1.165, 1.54) is 128 Å². The molecular weight excluding hydrogens is 1130 g/mol. The third-order valence-corrected chi connectivity index (χ3v) is 17.1. The van der Waals surface area contributed by atoms with Gasteiger partial charge in [0.25, 0.3) is 0 Å². The molecule has 0 aliphatic carbocycles. The maximum Gasteiger partial charge on any atom is 0.472 e. The Morgan fingerprint density at radius 1 is 0.318 bits per heavy atom. The van der Waals surface area contributed by atoms with Crippen molar-refractivity contribution >= 4 is 39.5 Å². The van der Waals surface area contributed by atoms with Crippen molar-refractivity contribution in [1.29, 1.82) is 0 Å². The van der Waals surface area contributed by atoms with Crippen molar-refractivity contribution in [3.05, 3.63) is 0 Å². The molecule has 19 heteroatoms. The number of aliphatic hydroxyl groups excluding tert-OH is 1. The second-order valence-corrected chi connectivity index (χ2v) is 27.7. The van der Waals surface area contributed by atoms with Crippen LogP contribution in [0, 0.1) is 11.8 Å². The van der Waals surface area contributed by atoms with Gasteiger partial charge in [0.1, 0.15) is 19.3 Å². The first-order valence-electron chi connectivity index (χ1n) is 34.5. The molecule has 0 saturated carbocycles. The highest BCUT2D eigenvalue weighted by molar-refractivity contribution is 7.47. The summed E-state index contributed by atoms with van der Waals surface area (Å²) in [6.45, 7) is 9.42. The molecule has 0 amide bonds. The zero-order chi connectivity index (χ0) is 62.9. The number of rotatable bonds is 65. The molecule has 0 rings (SSSR count). The normalized spacial score (nSPS) is 14.2. The Hall–Kier alpha value is -1.94. The van der Waals surface area contributed by atoms with Gasteiger partial charge in [-0.05, 0) is 37.5 Å². The summed E-state index contributed by atoms with van der Waals surface area (Å²) in [6, 6.07) is 0. The Balaban J connectivity index is 5.13. The van der Waals surface area contributed by atoms with E-state index in [-0.39, 0.29) is 25.7 Å². The highest BCUT2D eigenvalue weighted by Crippen LogP contribution is 2.45. The average Bonchev–Trinajstić information content (AvgIpc) is 3.52. The molecule has 3 N–H and O–H groups in total. The molecular formula is C66H128O17P2. The van der Waals surface area contributed by atoms with Crippen LogP contribution in [0.15, 0.2) is 0 Å². The molecule has 5 atom stereocenters. The van der Waals surface area contributed by atoms with Gasteiger partial charge in [0, 0.05) is 25.7 Å². The van der Waals surface area contributed by atoms with Crippen LogP contribution in [0.25, 0.3) is 0 Å². The first kappa shape index (κ1) is 83.1. The SMILES string of the molecule is CCCCCCCCCC(=O)O[C@H](COC(=O)CCCCCCC)COP(=O)(O)OC[C@H](O)COP(=O)(O)OC[C@@H](COC(=O)CCCCCCCCCCCCCCCC(C)C)OC(=O)CCCCCCCCCCCCCCCCC(C)C. The molecule has 0 bridgehead atoms. The van der Waals surface area contributed by atoms with Crippen molar-refractivity contribution in [1.82, 2.24) is 0 Å². The Labute approximate surface area is 517 Å². The van der Waals surface area contributed by atoms with E-state index in [2.05, 4.69) is 41.5 Å². The number of phosphoric ester groups is 2. The van der Waals surface area contributed by atoms with Gasteiger partial charge in [0.15, 0.2) is 12.2 Å². The van der Waals surface area contributed by atoms with Crippen molar-refractivity contribution in [3.8, 4) is 0 Å². The number of esters is 4. The van der Waals surface area contributed by atoms with E-state index in [0.29, 0.717) is 25.7 Å². The zero-order valence-corrected chi connectivity index (χ0v) is 56.7. The van der Waals surface area contributed by atoms with Crippen molar-refractivity contribution in [2.75, 3.05) is 39.6 Å². The van der Waals surface area contributed by atoms with Crippen molar-refractivity contribution in [2.24, 2.45) is 11.8 Å². The first-order valence-corrected chi connectivity index (χ1v) is 37.5. The van der Waals surface area contributed by atoms with Gasteiger partial charge in [-0.15, -0.1) is 0 Å². The Kier molecular flexibility index (Phi) is 57.1. The predicted molar refractivity (Wildman–Crippen MR) is 340 cm³/mol. The lowest BCUT2D eigenvalue weighted by molar-refractivity contribution is -0.161. The van der Waals surface area contributed by atoms with Crippen LogP contribution in [0.1, 0.15) is 330 Å². The average molecular weight is 1260 g/mol. The van der Waals surface area contributed by atoms with Crippen molar-refractivity contribution in [3.63, 3.8) is 0 Å². The molecule has 0 fully saturated rings. The highest BCUT2D eigenvalue weighted by Gasteiger charge is 2.30. The minimum Gasteiger partial charge on any atom is -0.462 e. The predicted octanol–water partition coefficient (Wildman–Crippen LogP) is 18.4. The van der Waals surface area contributed by atoms with E-state index in [9.17, 15) is 43.2 Å². The quantitative estimate of drug-likeness (QED) is 0.0222. The van der Waals surface area contributed by atoms with Crippen LogP contribution in [-0.2, 0) is 65.4 Å². The van der Waals surface area contributed by atoms with Crippen LogP contribution in [0.5, 0.6) is 0 Å². The van der Waals surface area contributed by atoms with Gasteiger partial charge in [0.05, 0.1) is 26.4 Å². The maximum atomic E-state index is 13.0. The number of aliphatic hydroxyl groups is 1. The fraction of sp³-hybridized carbons (Fsp3) is 0.939. The van der Waals surface area contributed by atoms with Crippen molar-refractivity contribution < 1.29 is 80.2 Å². The lowest BCUT2D eigenvalue weighted by Gasteiger charge is -2.21. The fourth-order valence-electron chi connectivity index (χ4n) is 9.88. The van der Waals surface area contributed by atoms with Crippen LogP contribution < -0.4 is 0 Å². The van der Waals surface area contributed by atoms with E-state index in [1.807, 2.05) is 0 Å². The maximum absolute atomic E-state index is 13.0. The Bertz CT molecular complexity index is 1670. The summed E-state index contributed by atoms with van der Waals surface area (Å²) in [6.07, 6.45) is 42.2. The van der Waals surface area contributed by atoms with Crippen molar-refractivity contribution in [2.45, 2.75) is 349 Å². The van der Waals surface area contributed by atoms with Crippen LogP contribution in [0.2, 0.25) is 0 Å². The molecule has 0 aromatic heterocycles. The summed E-state index contributed by atoms with van der Waals surface area (Å²) in [5.74, 6) is -0.559. The van der Waals surface area contributed by atoms with E-state index in [1.54, 1.807) is 0 Å². The Morgan fingerprint density at radius 3 is 0.800 bits per heavy atom. The molecule has 0 saturated heterocycles. The molecule has 504 valence electrons. The monoisotopic (exact) mass is 1250 g/mol. The molecule has 2 unspecified atom stereocenters. The van der Waals surface area contributed by atoms with E-state index >= 15 is 0 Å². The number of hydrogen-bond acceptors (Lipinski definition) is 15. The van der Waals surface area contributed by atoms with Gasteiger partial charge < -0.3 is 33.8 Å². The first-order chi connectivity index (χ1) is 40.9. The molecule has 0 heterocycles. The number of carbonyl (C=O) groups excluding carboxylic acids is 4. The topological polar surface area (TPSA) is 237 Å². The minimum atomic E-state index is -4.95. The van der Waals surface area contributed by atoms with E-state index < -0.39 is 97.5 Å². The second-order valence-electron chi connectivity index (χ2n) is 24.8. The van der Waals surface area contributed by atoms with E-state index in [4.69, 9.17) is 37.0 Å². The Morgan fingerprint density at radius 2 is 0.541 bits per heavy atom. The van der Waals surface area contributed by atoms with Crippen LogP contribution in [0.3, 0.4) is 0 Å². The van der Waals surface area contributed by atoms with E-state index in [0.717, 1.165) is 121 Å². The molecule has 0 aliphatic heterocycles. The summed E-state index contributed by atoms with van der Waals surface area (Å²) in [5, 5.41) is 10.5. The number of phosphoric acid groups is 2. The minimum absolute atomic E-state index is 0.103. The number of ether oxygens (including phenoxy) is 4. The zero-order valence-electron chi connectivity index (χ0n) is 54.9. The lowest BCUT2D eigenvalue weighted by Crippen LogP contribution is -2.30. The number of hydrogen-bond donors (Lipinski definition) is 3.